The standard InChI is InChI=1S/C7H11BrN2S/c1-3-10-6(8)5-9-7(10)11-4-2/h5H,3-4H2,1-2H3. The molecule has 0 amide bonds. The highest BCUT2D eigenvalue weighted by Gasteiger charge is 2.04. The molecule has 1 aromatic heterocycles. The van der Waals surface area contributed by atoms with E-state index in [9.17, 15) is 0 Å². The summed E-state index contributed by atoms with van der Waals surface area (Å²) in [7, 11) is 0. The molecule has 0 unspecified atom stereocenters. The summed E-state index contributed by atoms with van der Waals surface area (Å²) in [5.74, 6) is 1.07. The van der Waals surface area contributed by atoms with Gasteiger partial charge in [0, 0.05) is 6.54 Å². The van der Waals surface area contributed by atoms with Crippen LogP contribution in [0.2, 0.25) is 0 Å². The highest BCUT2D eigenvalue weighted by atomic mass is 79.9. The van der Waals surface area contributed by atoms with E-state index in [1.54, 1.807) is 11.8 Å². The molecule has 0 fully saturated rings. The van der Waals surface area contributed by atoms with Crippen LogP contribution in [0.4, 0.5) is 0 Å². The van der Waals surface area contributed by atoms with Crippen molar-refractivity contribution in [2.75, 3.05) is 5.75 Å². The Labute approximate surface area is 79.5 Å². The van der Waals surface area contributed by atoms with Gasteiger partial charge < -0.3 is 4.57 Å². The van der Waals surface area contributed by atoms with Crippen molar-refractivity contribution < 1.29 is 0 Å². The lowest BCUT2D eigenvalue weighted by Crippen LogP contribution is -1.96. The lowest BCUT2D eigenvalue weighted by atomic mass is 10.7. The van der Waals surface area contributed by atoms with Crippen molar-refractivity contribution in [2.24, 2.45) is 0 Å². The quantitative estimate of drug-likeness (QED) is 0.749. The van der Waals surface area contributed by atoms with Crippen LogP contribution in [0, 0.1) is 0 Å². The topological polar surface area (TPSA) is 17.8 Å². The van der Waals surface area contributed by atoms with Crippen LogP contribution in [0.5, 0.6) is 0 Å². The molecular formula is C7H11BrN2S. The molecule has 0 aliphatic heterocycles. The molecule has 0 radical (unpaired) electrons. The number of halogens is 1. The number of thioether (sulfide) groups is 1. The summed E-state index contributed by atoms with van der Waals surface area (Å²) >= 11 is 5.20. The second-order valence-electron chi connectivity index (χ2n) is 2.04. The summed E-state index contributed by atoms with van der Waals surface area (Å²) in [6.45, 7) is 5.22. The first-order chi connectivity index (χ1) is 5.29. The number of aromatic nitrogens is 2. The Morgan fingerprint density at radius 2 is 2.36 bits per heavy atom. The largest absolute Gasteiger partial charge is 0.314 e. The normalized spacial score (nSPS) is 10.5. The molecule has 11 heavy (non-hydrogen) atoms. The van der Waals surface area contributed by atoms with E-state index in [-0.39, 0.29) is 0 Å². The zero-order chi connectivity index (χ0) is 8.27. The zero-order valence-corrected chi connectivity index (χ0v) is 9.07. The minimum absolute atomic E-state index is 0.975. The number of rotatable bonds is 3. The Bertz CT molecular complexity index is 234. The summed E-state index contributed by atoms with van der Waals surface area (Å²) in [5.41, 5.74) is 0. The van der Waals surface area contributed by atoms with Gasteiger partial charge in [-0.1, -0.05) is 18.7 Å². The Hall–Kier alpha value is 0.0400. The van der Waals surface area contributed by atoms with Crippen molar-refractivity contribution in [1.82, 2.24) is 9.55 Å². The number of imidazole rings is 1. The fraction of sp³-hybridized carbons (Fsp3) is 0.571. The Morgan fingerprint density at radius 3 is 2.91 bits per heavy atom. The molecule has 0 saturated carbocycles. The molecule has 1 aromatic rings. The van der Waals surface area contributed by atoms with Gasteiger partial charge in [0.05, 0.1) is 6.20 Å². The summed E-state index contributed by atoms with van der Waals surface area (Å²) in [6, 6.07) is 0. The molecule has 0 N–H and O–H groups in total. The molecule has 2 nitrogen and oxygen atoms in total. The maximum Gasteiger partial charge on any atom is 0.168 e. The maximum absolute atomic E-state index is 4.26. The highest BCUT2D eigenvalue weighted by molar-refractivity contribution is 9.10. The SMILES string of the molecule is CCSc1ncc(Br)n1CC. The number of hydrogen-bond acceptors (Lipinski definition) is 2. The molecule has 0 bridgehead atoms. The number of hydrogen-bond donors (Lipinski definition) is 0. The molecule has 1 heterocycles. The third kappa shape index (κ3) is 1.99. The van der Waals surface area contributed by atoms with E-state index in [0.717, 1.165) is 22.1 Å². The van der Waals surface area contributed by atoms with E-state index in [2.05, 4.69) is 39.3 Å². The van der Waals surface area contributed by atoms with Crippen LogP contribution in [0.15, 0.2) is 16.0 Å². The summed E-state index contributed by atoms with van der Waals surface area (Å²) < 4.78 is 3.21. The van der Waals surface area contributed by atoms with E-state index < -0.39 is 0 Å². The summed E-state index contributed by atoms with van der Waals surface area (Å²) in [4.78, 5) is 4.26. The predicted molar refractivity (Wildman–Crippen MR) is 52.0 cm³/mol. The van der Waals surface area contributed by atoms with Gasteiger partial charge in [0.1, 0.15) is 4.60 Å². The summed E-state index contributed by atoms with van der Waals surface area (Å²) in [5, 5.41) is 1.10. The van der Waals surface area contributed by atoms with E-state index >= 15 is 0 Å². The van der Waals surface area contributed by atoms with Gasteiger partial charge in [0.2, 0.25) is 0 Å². The van der Waals surface area contributed by atoms with Crippen molar-refractivity contribution in [2.45, 2.75) is 25.5 Å². The first kappa shape index (κ1) is 9.13. The molecule has 0 atom stereocenters. The van der Waals surface area contributed by atoms with Gasteiger partial charge in [-0.3, -0.25) is 0 Å². The first-order valence-electron chi connectivity index (χ1n) is 3.63. The van der Waals surface area contributed by atoms with Crippen LogP contribution < -0.4 is 0 Å². The smallest absolute Gasteiger partial charge is 0.168 e. The van der Waals surface area contributed by atoms with Crippen LogP contribution in [0.3, 0.4) is 0 Å². The summed E-state index contributed by atoms with van der Waals surface area (Å²) in [6.07, 6.45) is 1.85. The maximum atomic E-state index is 4.26. The lowest BCUT2D eigenvalue weighted by molar-refractivity contribution is 0.668. The average molecular weight is 235 g/mol. The fourth-order valence-corrected chi connectivity index (χ4v) is 2.28. The average Bonchev–Trinajstić information content (AvgIpc) is 2.33. The van der Waals surface area contributed by atoms with Crippen molar-refractivity contribution in [3.8, 4) is 0 Å². The molecule has 4 heteroatoms. The third-order valence-corrected chi connectivity index (χ3v) is 2.87. The molecule has 0 aromatic carbocycles. The second kappa shape index (κ2) is 4.16. The Balaban J connectivity index is 2.86. The molecule has 0 spiro atoms. The molecule has 62 valence electrons. The van der Waals surface area contributed by atoms with E-state index in [4.69, 9.17) is 0 Å². The van der Waals surface area contributed by atoms with Gasteiger partial charge in [-0.15, -0.1) is 0 Å². The first-order valence-corrected chi connectivity index (χ1v) is 5.41. The predicted octanol–water partition coefficient (Wildman–Crippen LogP) is 2.78. The second-order valence-corrected chi connectivity index (χ2v) is 4.08. The van der Waals surface area contributed by atoms with Crippen LogP contribution in [-0.4, -0.2) is 15.3 Å². The van der Waals surface area contributed by atoms with Gasteiger partial charge in [0.25, 0.3) is 0 Å². The zero-order valence-electron chi connectivity index (χ0n) is 6.67. The minimum Gasteiger partial charge on any atom is -0.314 e. The van der Waals surface area contributed by atoms with Crippen molar-refractivity contribution in [3.63, 3.8) is 0 Å². The van der Waals surface area contributed by atoms with Crippen molar-refractivity contribution in [3.05, 3.63) is 10.8 Å². The number of nitrogens with zero attached hydrogens (tertiary/aromatic N) is 2. The van der Waals surface area contributed by atoms with Gasteiger partial charge in [-0.25, -0.2) is 4.98 Å². The lowest BCUT2D eigenvalue weighted by Gasteiger charge is -2.02. The van der Waals surface area contributed by atoms with Crippen LogP contribution in [0.25, 0.3) is 0 Å². The molecular weight excluding hydrogens is 224 g/mol. The van der Waals surface area contributed by atoms with E-state index in [0.29, 0.717) is 0 Å². The van der Waals surface area contributed by atoms with Gasteiger partial charge in [0.15, 0.2) is 5.16 Å². The van der Waals surface area contributed by atoms with Gasteiger partial charge in [-0.2, -0.15) is 0 Å². The van der Waals surface area contributed by atoms with Crippen molar-refractivity contribution >= 4 is 27.7 Å². The monoisotopic (exact) mass is 234 g/mol. The molecule has 1 rings (SSSR count). The molecule has 0 aliphatic carbocycles. The fourth-order valence-electron chi connectivity index (χ4n) is 0.870. The Morgan fingerprint density at radius 1 is 1.64 bits per heavy atom. The highest BCUT2D eigenvalue weighted by Crippen LogP contribution is 2.20. The van der Waals surface area contributed by atoms with Crippen molar-refractivity contribution in [1.29, 1.82) is 0 Å². The van der Waals surface area contributed by atoms with E-state index in [1.165, 1.54) is 0 Å². The van der Waals surface area contributed by atoms with Gasteiger partial charge in [-0.05, 0) is 28.6 Å². The van der Waals surface area contributed by atoms with Crippen LogP contribution >= 0.6 is 27.7 Å². The molecule has 0 saturated heterocycles. The third-order valence-electron chi connectivity index (χ3n) is 1.36. The minimum atomic E-state index is 0.975. The van der Waals surface area contributed by atoms with Crippen LogP contribution in [0.1, 0.15) is 13.8 Å². The van der Waals surface area contributed by atoms with Gasteiger partial charge >= 0.3 is 0 Å². The Kier molecular flexibility index (Phi) is 3.45. The van der Waals surface area contributed by atoms with Crippen LogP contribution in [-0.2, 0) is 6.54 Å². The van der Waals surface area contributed by atoms with E-state index in [1.807, 2.05) is 6.20 Å². The molecule has 0 aliphatic rings.